The van der Waals surface area contributed by atoms with Crippen LogP contribution in [0.15, 0.2) is 53.6 Å². The number of ether oxygens (including phenoxy) is 1. The lowest BCUT2D eigenvalue weighted by molar-refractivity contribution is -0.139. The van der Waals surface area contributed by atoms with E-state index in [0.29, 0.717) is 5.56 Å². The third-order valence-corrected chi connectivity index (χ3v) is 3.24. The van der Waals surface area contributed by atoms with Crippen molar-refractivity contribution in [3.05, 3.63) is 59.7 Å². The number of anilines is 1. The van der Waals surface area contributed by atoms with Crippen molar-refractivity contribution in [2.75, 3.05) is 11.9 Å². The predicted octanol–water partition coefficient (Wildman–Crippen LogP) is 0.937. The van der Waals surface area contributed by atoms with Crippen LogP contribution in [0, 0.1) is 0 Å². The summed E-state index contributed by atoms with van der Waals surface area (Å²) in [5.74, 6) is -4.07. The van der Waals surface area contributed by atoms with Crippen LogP contribution in [0.25, 0.3) is 0 Å². The molecule has 0 saturated carbocycles. The number of nitrogens with zero attached hydrogens (tertiary/aromatic N) is 1. The molecule has 2 aromatic carbocycles. The van der Waals surface area contributed by atoms with Crippen LogP contribution in [0.1, 0.15) is 15.9 Å². The molecule has 28 heavy (non-hydrogen) atoms. The molecule has 144 valence electrons. The fraction of sp³-hybridized carbons (Fsp3) is 0.0556. The van der Waals surface area contributed by atoms with Gasteiger partial charge < -0.3 is 20.3 Å². The van der Waals surface area contributed by atoms with Crippen molar-refractivity contribution < 1.29 is 34.1 Å². The van der Waals surface area contributed by atoms with Crippen molar-refractivity contribution >= 4 is 35.7 Å². The summed E-state index contributed by atoms with van der Waals surface area (Å²) in [6.07, 6.45) is 1.20. The van der Waals surface area contributed by atoms with Crippen molar-refractivity contribution in [3.8, 4) is 5.75 Å². The largest absolute Gasteiger partial charge is 0.481 e. The number of aromatic carboxylic acids is 1. The molecule has 0 saturated heterocycles. The van der Waals surface area contributed by atoms with Crippen LogP contribution in [0.3, 0.4) is 0 Å². The van der Waals surface area contributed by atoms with Crippen LogP contribution in [0.4, 0.5) is 5.69 Å². The van der Waals surface area contributed by atoms with Crippen LogP contribution in [-0.2, 0) is 14.4 Å². The maximum atomic E-state index is 11.8. The Balaban J connectivity index is 1.93. The zero-order valence-corrected chi connectivity index (χ0v) is 14.3. The average Bonchev–Trinajstić information content (AvgIpc) is 2.67. The van der Waals surface area contributed by atoms with E-state index in [-0.39, 0.29) is 17.0 Å². The molecule has 0 aliphatic heterocycles. The Morgan fingerprint density at radius 3 is 2.29 bits per heavy atom. The van der Waals surface area contributed by atoms with E-state index in [9.17, 15) is 19.2 Å². The molecule has 0 spiro atoms. The van der Waals surface area contributed by atoms with Gasteiger partial charge in [-0.15, -0.1) is 0 Å². The van der Waals surface area contributed by atoms with Crippen molar-refractivity contribution in [3.63, 3.8) is 0 Å². The number of carbonyl (C=O) groups excluding carboxylic acids is 2. The summed E-state index contributed by atoms with van der Waals surface area (Å²) in [5, 5.41) is 23.4. The predicted molar refractivity (Wildman–Crippen MR) is 97.3 cm³/mol. The van der Waals surface area contributed by atoms with Gasteiger partial charge in [0.2, 0.25) is 0 Å². The number of hydrogen-bond donors (Lipinski definition) is 4. The lowest BCUT2D eigenvalue weighted by Gasteiger charge is -2.06. The van der Waals surface area contributed by atoms with E-state index in [1.165, 1.54) is 36.5 Å². The molecule has 0 heterocycles. The Morgan fingerprint density at radius 2 is 1.64 bits per heavy atom. The van der Waals surface area contributed by atoms with Crippen LogP contribution in [0.2, 0.25) is 0 Å². The maximum absolute atomic E-state index is 11.8. The van der Waals surface area contributed by atoms with Gasteiger partial charge in [0.05, 0.1) is 11.8 Å². The topological polar surface area (TPSA) is 154 Å². The summed E-state index contributed by atoms with van der Waals surface area (Å²) >= 11 is 0. The second kappa shape index (κ2) is 9.48. The van der Waals surface area contributed by atoms with Gasteiger partial charge in [-0.2, -0.15) is 5.10 Å². The summed E-state index contributed by atoms with van der Waals surface area (Å²) in [4.78, 5) is 44.9. The number of benzene rings is 2. The summed E-state index contributed by atoms with van der Waals surface area (Å²) < 4.78 is 5.08. The van der Waals surface area contributed by atoms with Crippen molar-refractivity contribution in [2.45, 2.75) is 0 Å². The number of amides is 2. The number of carbonyl (C=O) groups is 4. The van der Waals surface area contributed by atoms with Crippen LogP contribution in [-0.4, -0.2) is 46.8 Å². The molecule has 0 radical (unpaired) electrons. The monoisotopic (exact) mass is 385 g/mol. The molecule has 0 fully saturated rings. The molecule has 4 N–H and O–H groups in total. The smallest absolute Gasteiger partial charge is 0.341 e. The van der Waals surface area contributed by atoms with Gasteiger partial charge in [-0.3, -0.25) is 9.59 Å². The highest BCUT2D eigenvalue weighted by atomic mass is 16.5. The second-order valence-corrected chi connectivity index (χ2v) is 5.26. The molecule has 0 atom stereocenters. The van der Waals surface area contributed by atoms with Gasteiger partial charge in [0.15, 0.2) is 6.61 Å². The van der Waals surface area contributed by atoms with Gasteiger partial charge in [-0.05, 0) is 36.4 Å². The maximum Gasteiger partial charge on any atom is 0.341 e. The Hall–Kier alpha value is -4.21. The van der Waals surface area contributed by atoms with Crippen molar-refractivity contribution in [1.82, 2.24) is 5.43 Å². The number of para-hydroxylation sites is 1. The highest BCUT2D eigenvalue weighted by Crippen LogP contribution is 2.15. The molecule has 0 bridgehead atoms. The Kier molecular flexibility index (Phi) is 6.81. The third kappa shape index (κ3) is 5.95. The van der Waals surface area contributed by atoms with Crippen LogP contribution in [0.5, 0.6) is 5.75 Å². The van der Waals surface area contributed by atoms with Gasteiger partial charge in [0.1, 0.15) is 5.75 Å². The van der Waals surface area contributed by atoms with E-state index in [1.807, 2.05) is 5.43 Å². The van der Waals surface area contributed by atoms with Gasteiger partial charge in [0.25, 0.3) is 0 Å². The number of nitrogens with one attached hydrogen (secondary N) is 2. The molecule has 2 aromatic rings. The standard InChI is InChI=1S/C18H15N3O7/c22-15(23)10-28-14-4-2-1-3-12(14)9-19-21-17(25)16(24)20-13-7-5-11(6-8-13)18(26)27/h1-9H,10H2,(H,20,24)(H,21,25)(H,22,23)(H,26,27)/b19-9+. The Labute approximate surface area is 158 Å². The zero-order chi connectivity index (χ0) is 20.5. The fourth-order valence-electron chi connectivity index (χ4n) is 1.95. The van der Waals surface area contributed by atoms with Crippen molar-refractivity contribution in [2.24, 2.45) is 5.10 Å². The zero-order valence-electron chi connectivity index (χ0n) is 14.3. The van der Waals surface area contributed by atoms with Gasteiger partial charge in [-0.1, -0.05) is 12.1 Å². The van der Waals surface area contributed by atoms with E-state index in [2.05, 4.69) is 10.4 Å². The number of hydrogen-bond acceptors (Lipinski definition) is 6. The summed E-state index contributed by atoms with van der Waals surface area (Å²) in [6, 6.07) is 11.6. The molecule has 10 nitrogen and oxygen atoms in total. The summed E-state index contributed by atoms with van der Waals surface area (Å²) in [5.41, 5.74) is 2.70. The minimum atomic E-state index is -1.15. The highest BCUT2D eigenvalue weighted by Gasteiger charge is 2.13. The molecule has 2 rings (SSSR count). The molecule has 2 amide bonds. The van der Waals surface area contributed by atoms with Crippen LogP contribution < -0.4 is 15.5 Å². The minimum Gasteiger partial charge on any atom is -0.481 e. The molecular weight excluding hydrogens is 370 g/mol. The first kappa shape index (κ1) is 20.1. The highest BCUT2D eigenvalue weighted by molar-refractivity contribution is 6.39. The Bertz CT molecular complexity index is 923. The normalized spacial score (nSPS) is 10.3. The number of hydrazone groups is 1. The first-order chi connectivity index (χ1) is 13.4. The molecule has 0 aliphatic rings. The fourth-order valence-corrected chi connectivity index (χ4v) is 1.95. The molecular formula is C18H15N3O7. The SMILES string of the molecule is O=C(O)COc1ccccc1/C=N/NC(=O)C(=O)Nc1ccc(C(=O)O)cc1. The van der Waals surface area contributed by atoms with E-state index in [1.54, 1.807) is 18.2 Å². The first-order valence-corrected chi connectivity index (χ1v) is 7.78. The minimum absolute atomic E-state index is 0.0378. The van der Waals surface area contributed by atoms with Crippen molar-refractivity contribution in [1.29, 1.82) is 0 Å². The van der Waals surface area contributed by atoms with E-state index >= 15 is 0 Å². The van der Waals surface area contributed by atoms with E-state index < -0.39 is 30.4 Å². The average molecular weight is 385 g/mol. The lowest BCUT2D eigenvalue weighted by atomic mass is 10.2. The molecule has 0 aliphatic carbocycles. The number of carboxylic acids is 2. The first-order valence-electron chi connectivity index (χ1n) is 7.78. The molecule has 10 heteroatoms. The summed E-state index contributed by atoms with van der Waals surface area (Å²) in [6.45, 7) is -0.541. The molecule has 0 aromatic heterocycles. The van der Waals surface area contributed by atoms with Crippen LogP contribution >= 0.6 is 0 Å². The van der Waals surface area contributed by atoms with Gasteiger partial charge in [-0.25, -0.2) is 15.0 Å². The summed E-state index contributed by atoms with van der Waals surface area (Å²) in [7, 11) is 0. The molecule has 0 unspecified atom stereocenters. The quantitative estimate of drug-likeness (QED) is 0.314. The number of aliphatic carboxylic acids is 1. The Morgan fingerprint density at radius 1 is 0.964 bits per heavy atom. The number of rotatable bonds is 7. The number of carboxylic acid groups (broad SMARTS) is 2. The third-order valence-electron chi connectivity index (χ3n) is 3.24. The van der Waals surface area contributed by atoms with Gasteiger partial charge in [0, 0.05) is 11.3 Å². The second-order valence-electron chi connectivity index (χ2n) is 5.26. The van der Waals surface area contributed by atoms with E-state index in [0.717, 1.165) is 0 Å². The van der Waals surface area contributed by atoms with E-state index in [4.69, 9.17) is 14.9 Å². The van der Waals surface area contributed by atoms with Gasteiger partial charge >= 0.3 is 23.8 Å². The lowest BCUT2D eigenvalue weighted by Crippen LogP contribution is -2.32.